The van der Waals surface area contributed by atoms with Gasteiger partial charge in [0.15, 0.2) is 10.3 Å². The van der Waals surface area contributed by atoms with E-state index in [1.807, 2.05) is 0 Å². The van der Waals surface area contributed by atoms with Crippen molar-refractivity contribution in [2.24, 2.45) is 0 Å². The highest BCUT2D eigenvalue weighted by molar-refractivity contribution is 7.14. The number of nitrogens with zero attached hydrogens (tertiary/aromatic N) is 3. The molecule has 0 bridgehead atoms. The van der Waals surface area contributed by atoms with Gasteiger partial charge in [0.25, 0.3) is 0 Å². The van der Waals surface area contributed by atoms with Crippen LogP contribution in [0.4, 0.5) is 14.3 Å². The fraction of sp³-hybridized carbons (Fsp3) is 0. The van der Waals surface area contributed by atoms with Gasteiger partial charge in [-0.15, -0.1) is 0 Å². The van der Waals surface area contributed by atoms with E-state index in [9.17, 15) is 9.18 Å². The molecule has 0 atom stereocenters. The van der Waals surface area contributed by atoms with E-state index in [-0.39, 0.29) is 5.13 Å². The predicted octanol–water partition coefficient (Wildman–Crippen LogP) is 1.56. The molecule has 0 aromatic carbocycles. The van der Waals surface area contributed by atoms with Crippen LogP contribution in [0.25, 0.3) is 0 Å². The van der Waals surface area contributed by atoms with Crippen LogP contribution < -0.4 is 5.32 Å². The summed E-state index contributed by atoms with van der Waals surface area (Å²) in [4.78, 5) is 18.7. The van der Waals surface area contributed by atoms with Gasteiger partial charge in [0.1, 0.15) is 6.33 Å². The van der Waals surface area contributed by atoms with Crippen LogP contribution in [0.5, 0.6) is 0 Å². The van der Waals surface area contributed by atoms with Crippen molar-refractivity contribution in [1.29, 1.82) is 0 Å². The van der Waals surface area contributed by atoms with Crippen LogP contribution in [-0.2, 0) is 0 Å². The Morgan fingerprint density at radius 1 is 1.64 bits per heavy atom. The quantitative estimate of drug-likeness (QED) is 0.780. The molecule has 0 aliphatic heterocycles. The molecule has 7 heteroatoms. The van der Waals surface area contributed by atoms with Crippen molar-refractivity contribution < 1.29 is 9.18 Å². The van der Waals surface area contributed by atoms with E-state index < -0.39 is 11.2 Å². The van der Waals surface area contributed by atoms with E-state index in [4.69, 9.17) is 0 Å². The average molecular weight is 212 g/mol. The largest absolute Gasteiger partial charge is 0.333 e. The van der Waals surface area contributed by atoms with Crippen LogP contribution in [-0.4, -0.2) is 20.6 Å². The summed E-state index contributed by atoms with van der Waals surface area (Å²) < 4.78 is 13.7. The first-order valence-electron chi connectivity index (χ1n) is 3.66. The Morgan fingerprint density at radius 2 is 2.50 bits per heavy atom. The van der Waals surface area contributed by atoms with E-state index in [2.05, 4.69) is 15.3 Å². The summed E-state index contributed by atoms with van der Waals surface area (Å²) >= 11 is 0.770. The third-order valence-corrected chi connectivity index (χ3v) is 2.13. The van der Waals surface area contributed by atoms with Crippen LogP contribution in [0.15, 0.2) is 24.9 Å². The summed E-state index contributed by atoms with van der Waals surface area (Å²) in [5.74, 6) is 0. The lowest BCUT2D eigenvalue weighted by Crippen LogP contribution is -2.17. The van der Waals surface area contributed by atoms with Crippen molar-refractivity contribution >= 4 is 22.5 Å². The Balaban J connectivity index is 2.09. The molecule has 0 unspecified atom stereocenters. The molecule has 1 N–H and O–H groups in total. The fourth-order valence-electron chi connectivity index (χ4n) is 0.848. The van der Waals surface area contributed by atoms with Crippen molar-refractivity contribution in [2.45, 2.75) is 0 Å². The Hall–Kier alpha value is -1.76. The van der Waals surface area contributed by atoms with Crippen LogP contribution in [0, 0.1) is 5.13 Å². The maximum atomic E-state index is 12.5. The lowest BCUT2D eigenvalue weighted by Gasteiger charge is -1.99. The van der Waals surface area contributed by atoms with E-state index in [0.717, 1.165) is 17.5 Å². The summed E-state index contributed by atoms with van der Waals surface area (Å²) in [6.45, 7) is 0. The lowest BCUT2D eigenvalue weighted by atomic mass is 10.8. The normalized spacial score (nSPS) is 10.1. The van der Waals surface area contributed by atoms with Crippen LogP contribution in [0.3, 0.4) is 0 Å². The first kappa shape index (κ1) is 8.82. The number of imidazole rings is 1. The van der Waals surface area contributed by atoms with Crippen LogP contribution >= 0.6 is 11.3 Å². The number of halogens is 1. The molecule has 2 aromatic rings. The van der Waals surface area contributed by atoms with Gasteiger partial charge in [-0.3, -0.25) is 9.88 Å². The summed E-state index contributed by atoms with van der Waals surface area (Å²) in [6.07, 6.45) is 5.36. The molecule has 5 nitrogen and oxygen atoms in total. The molecule has 0 fully saturated rings. The van der Waals surface area contributed by atoms with Gasteiger partial charge in [-0.05, 0) is 0 Å². The number of carbonyl (C=O) groups is 1. The molecule has 72 valence electrons. The number of hydrogen-bond donors (Lipinski definition) is 1. The number of hydrogen-bond acceptors (Lipinski definition) is 4. The number of anilines is 1. The third-order valence-electron chi connectivity index (χ3n) is 1.43. The number of thiazole rings is 1. The standard InChI is InChI=1S/C7H5FN4OS/c8-5-3-10-6(14-5)11-7(13)12-2-1-9-4-12/h1-4H,(H,10,11,13). The number of nitrogens with one attached hydrogen (secondary N) is 1. The second kappa shape index (κ2) is 3.54. The zero-order valence-electron chi connectivity index (χ0n) is 6.85. The summed E-state index contributed by atoms with van der Waals surface area (Å²) in [7, 11) is 0. The van der Waals surface area contributed by atoms with Crippen LogP contribution in [0.2, 0.25) is 0 Å². The first-order valence-corrected chi connectivity index (χ1v) is 4.48. The number of aromatic nitrogens is 3. The molecule has 2 aromatic heterocycles. The Bertz CT molecular complexity index is 438. The second-order valence-corrected chi connectivity index (χ2v) is 3.35. The molecule has 0 spiro atoms. The Labute approximate surface area is 82.2 Å². The van der Waals surface area contributed by atoms with Crippen molar-refractivity contribution in [3.63, 3.8) is 0 Å². The molecule has 2 rings (SSSR count). The molecule has 0 saturated carbocycles. The fourth-order valence-corrected chi connectivity index (χ4v) is 1.38. The number of amides is 1. The van der Waals surface area contributed by atoms with Gasteiger partial charge in [0, 0.05) is 12.4 Å². The topological polar surface area (TPSA) is 59.8 Å². The third kappa shape index (κ3) is 1.77. The van der Waals surface area contributed by atoms with Gasteiger partial charge >= 0.3 is 6.03 Å². The number of carbonyl (C=O) groups excluding carboxylic acids is 1. The highest BCUT2D eigenvalue weighted by Crippen LogP contribution is 2.15. The minimum absolute atomic E-state index is 0.223. The van der Waals surface area contributed by atoms with E-state index in [0.29, 0.717) is 0 Å². The lowest BCUT2D eigenvalue weighted by molar-refractivity contribution is 0.253. The zero-order valence-corrected chi connectivity index (χ0v) is 7.66. The maximum absolute atomic E-state index is 12.5. The molecule has 2 heterocycles. The van der Waals surface area contributed by atoms with Gasteiger partial charge in [-0.25, -0.2) is 14.8 Å². The second-order valence-electron chi connectivity index (χ2n) is 2.37. The van der Waals surface area contributed by atoms with E-state index in [1.54, 1.807) is 0 Å². The summed E-state index contributed by atoms with van der Waals surface area (Å²) in [6, 6.07) is -0.420. The first-order chi connectivity index (χ1) is 6.75. The molecule has 0 saturated heterocycles. The number of rotatable bonds is 1. The van der Waals surface area contributed by atoms with Crippen molar-refractivity contribution in [3.05, 3.63) is 30.0 Å². The highest BCUT2D eigenvalue weighted by atomic mass is 32.1. The SMILES string of the molecule is O=C(Nc1ncc(F)s1)n1ccnc1. The average Bonchev–Trinajstić information content (AvgIpc) is 2.75. The van der Waals surface area contributed by atoms with Crippen molar-refractivity contribution in [1.82, 2.24) is 14.5 Å². The van der Waals surface area contributed by atoms with Gasteiger partial charge in [0.05, 0.1) is 6.20 Å². The smallest absolute Gasteiger partial charge is 0.283 e. The van der Waals surface area contributed by atoms with Gasteiger partial charge in [0.2, 0.25) is 0 Å². The van der Waals surface area contributed by atoms with Crippen molar-refractivity contribution in [2.75, 3.05) is 5.32 Å². The predicted molar refractivity (Wildman–Crippen MR) is 48.7 cm³/mol. The van der Waals surface area contributed by atoms with Crippen LogP contribution in [0.1, 0.15) is 0 Å². The molecule has 14 heavy (non-hydrogen) atoms. The van der Waals surface area contributed by atoms with Gasteiger partial charge < -0.3 is 0 Å². The van der Waals surface area contributed by atoms with Crippen molar-refractivity contribution in [3.8, 4) is 0 Å². The summed E-state index contributed by atoms with van der Waals surface area (Å²) in [5, 5.41) is 2.20. The molecular formula is C7H5FN4OS. The molecule has 1 amide bonds. The minimum Gasteiger partial charge on any atom is -0.283 e. The Kier molecular flexibility index (Phi) is 2.23. The molecular weight excluding hydrogens is 207 g/mol. The molecule has 0 radical (unpaired) electrons. The molecule has 0 aliphatic carbocycles. The van der Waals surface area contributed by atoms with E-state index >= 15 is 0 Å². The minimum atomic E-state index is -0.439. The maximum Gasteiger partial charge on any atom is 0.333 e. The summed E-state index contributed by atoms with van der Waals surface area (Å²) in [5.41, 5.74) is 0. The monoisotopic (exact) mass is 212 g/mol. The zero-order chi connectivity index (χ0) is 9.97. The highest BCUT2D eigenvalue weighted by Gasteiger charge is 2.07. The van der Waals surface area contributed by atoms with Gasteiger partial charge in [-0.1, -0.05) is 11.3 Å². The van der Waals surface area contributed by atoms with Gasteiger partial charge in [-0.2, -0.15) is 4.39 Å². The van der Waals surface area contributed by atoms with E-state index in [1.165, 1.54) is 23.3 Å². The Morgan fingerprint density at radius 3 is 3.07 bits per heavy atom. The molecule has 0 aliphatic rings.